The zero-order valence-electron chi connectivity index (χ0n) is 13.3. The van der Waals surface area contributed by atoms with Crippen molar-refractivity contribution in [3.05, 3.63) is 58.6 Å². The lowest BCUT2D eigenvalue weighted by Gasteiger charge is -2.14. The molecule has 0 aliphatic carbocycles. The van der Waals surface area contributed by atoms with Gasteiger partial charge in [-0.3, -0.25) is 9.59 Å². The van der Waals surface area contributed by atoms with Crippen molar-refractivity contribution in [2.45, 2.75) is 13.0 Å². The first-order valence-corrected chi connectivity index (χ1v) is 7.62. The highest BCUT2D eigenvalue weighted by atomic mass is 35.5. The third-order valence-corrected chi connectivity index (χ3v) is 3.56. The molecule has 2 amide bonds. The number of esters is 1. The highest BCUT2D eigenvalue weighted by Crippen LogP contribution is 2.19. The third kappa shape index (κ3) is 4.71. The minimum absolute atomic E-state index is 0.120. The molecule has 0 aromatic heterocycles. The van der Waals surface area contributed by atoms with E-state index in [0.717, 1.165) is 0 Å². The van der Waals surface area contributed by atoms with E-state index in [0.29, 0.717) is 16.3 Å². The smallest absolute Gasteiger partial charge is 0.341 e. The number of nitrogens with one attached hydrogen (secondary N) is 1. The van der Waals surface area contributed by atoms with Gasteiger partial charge >= 0.3 is 5.97 Å². The summed E-state index contributed by atoms with van der Waals surface area (Å²) < 4.78 is 5.10. The zero-order valence-corrected chi connectivity index (χ0v) is 14.0. The molecule has 0 fully saturated rings. The molecule has 25 heavy (non-hydrogen) atoms. The van der Waals surface area contributed by atoms with Crippen LogP contribution in [-0.4, -0.2) is 23.9 Å². The lowest BCUT2D eigenvalue weighted by Crippen LogP contribution is -2.30. The standard InChI is InChI=1S/C17H16ClN3O4/c1-9(25-17(24)13-7-4-11(18)8-14(13)19)16(23)21-12-5-2-10(3-6-12)15(20)22/h2-9H,19H2,1H3,(H2,20,22)(H,21,23)/t9-/m1/s1. The molecule has 0 unspecified atom stereocenters. The monoisotopic (exact) mass is 361 g/mol. The fourth-order valence-electron chi connectivity index (χ4n) is 1.96. The van der Waals surface area contributed by atoms with Gasteiger partial charge in [0.05, 0.1) is 5.56 Å². The van der Waals surface area contributed by atoms with Crippen LogP contribution in [0.25, 0.3) is 0 Å². The fourth-order valence-corrected chi connectivity index (χ4v) is 2.14. The number of nitrogens with two attached hydrogens (primary N) is 2. The fraction of sp³-hybridized carbons (Fsp3) is 0.118. The predicted molar refractivity (Wildman–Crippen MR) is 94.3 cm³/mol. The van der Waals surface area contributed by atoms with Gasteiger partial charge in [-0.05, 0) is 49.4 Å². The van der Waals surface area contributed by atoms with E-state index in [9.17, 15) is 14.4 Å². The van der Waals surface area contributed by atoms with E-state index in [2.05, 4.69) is 5.32 Å². The molecule has 0 saturated heterocycles. The minimum Gasteiger partial charge on any atom is -0.449 e. The van der Waals surface area contributed by atoms with Gasteiger partial charge in [-0.2, -0.15) is 0 Å². The molecule has 0 spiro atoms. The van der Waals surface area contributed by atoms with Gasteiger partial charge in [0, 0.05) is 22.0 Å². The summed E-state index contributed by atoms with van der Waals surface area (Å²) in [4.78, 5) is 35.2. The number of ether oxygens (including phenoxy) is 1. The number of nitrogen functional groups attached to an aromatic ring is 1. The van der Waals surface area contributed by atoms with Crippen LogP contribution in [0.1, 0.15) is 27.6 Å². The number of benzene rings is 2. The SMILES string of the molecule is C[C@@H](OC(=O)c1ccc(Cl)cc1N)C(=O)Nc1ccc(C(N)=O)cc1. The number of halogens is 1. The first-order valence-electron chi connectivity index (χ1n) is 7.24. The maximum absolute atomic E-state index is 12.1. The molecule has 0 heterocycles. The summed E-state index contributed by atoms with van der Waals surface area (Å²) in [6.07, 6.45) is -1.06. The number of carbonyl (C=O) groups excluding carboxylic acids is 3. The van der Waals surface area contributed by atoms with Gasteiger partial charge < -0.3 is 21.5 Å². The van der Waals surface area contributed by atoms with E-state index in [1.54, 1.807) is 0 Å². The molecule has 5 N–H and O–H groups in total. The third-order valence-electron chi connectivity index (χ3n) is 3.32. The summed E-state index contributed by atoms with van der Waals surface area (Å²) in [5, 5.41) is 2.96. The largest absolute Gasteiger partial charge is 0.449 e. The highest BCUT2D eigenvalue weighted by molar-refractivity contribution is 6.31. The van der Waals surface area contributed by atoms with Gasteiger partial charge in [-0.25, -0.2) is 4.79 Å². The Hall–Kier alpha value is -3.06. The number of amides is 2. The number of primary amides is 1. The first-order chi connectivity index (χ1) is 11.8. The summed E-state index contributed by atoms with van der Waals surface area (Å²) >= 11 is 5.77. The molecule has 2 rings (SSSR count). The molecular weight excluding hydrogens is 346 g/mol. The van der Waals surface area contributed by atoms with Crippen molar-refractivity contribution in [2.75, 3.05) is 11.1 Å². The average molecular weight is 362 g/mol. The Morgan fingerprint density at radius 3 is 2.32 bits per heavy atom. The molecule has 0 bridgehead atoms. The van der Waals surface area contributed by atoms with Crippen LogP contribution in [0.15, 0.2) is 42.5 Å². The van der Waals surface area contributed by atoms with E-state index in [1.807, 2.05) is 0 Å². The molecule has 0 aliphatic rings. The summed E-state index contributed by atoms with van der Waals surface area (Å²) in [5.74, 6) is -1.84. The van der Waals surface area contributed by atoms with Crippen LogP contribution in [0.2, 0.25) is 5.02 Å². The molecule has 8 heteroatoms. The van der Waals surface area contributed by atoms with E-state index in [4.69, 9.17) is 27.8 Å². The second-order valence-corrected chi connectivity index (χ2v) is 5.65. The Morgan fingerprint density at radius 2 is 1.76 bits per heavy atom. The van der Waals surface area contributed by atoms with Gasteiger partial charge in [-0.1, -0.05) is 11.6 Å². The Balaban J connectivity index is 1.99. The lowest BCUT2D eigenvalue weighted by atomic mass is 10.2. The van der Waals surface area contributed by atoms with Gasteiger partial charge in [0.25, 0.3) is 5.91 Å². The molecule has 0 aliphatic heterocycles. The first kappa shape index (κ1) is 18.3. The van der Waals surface area contributed by atoms with E-state index >= 15 is 0 Å². The Bertz CT molecular complexity index is 821. The number of rotatable bonds is 5. The quantitative estimate of drug-likeness (QED) is 0.556. The zero-order chi connectivity index (χ0) is 18.6. The molecule has 2 aromatic carbocycles. The van der Waals surface area contributed by atoms with Crippen molar-refractivity contribution in [1.29, 1.82) is 0 Å². The van der Waals surface area contributed by atoms with Crippen molar-refractivity contribution in [3.63, 3.8) is 0 Å². The van der Waals surface area contributed by atoms with Crippen LogP contribution in [0, 0.1) is 0 Å². The van der Waals surface area contributed by atoms with Gasteiger partial charge in [0.15, 0.2) is 6.10 Å². The van der Waals surface area contributed by atoms with Crippen molar-refractivity contribution in [2.24, 2.45) is 5.73 Å². The number of hydrogen-bond donors (Lipinski definition) is 3. The topological polar surface area (TPSA) is 125 Å². The van der Waals surface area contributed by atoms with Crippen molar-refractivity contribution >= 4 is 40.8 Å². The molecule has 1 atom stereocenters. The summed E-state index contributed by atoms with van der Waals surface area (Å²) in [5.41, 5.74) is 11.9. The second kappa shape index (κ2) is 7.67. The normalized spacial score (nSPS) is 11.4. The highest BCUT2D eigenvalue weighted by Gasteiger charge is 2.20. The van der Waals surface area contributed by atoms with Crippen LogP contribution in [0.3, 0.4) is 0 Å². The van der Waals surface area contributed by atoms with Crippen molar-refractivity contribution in [3.8, 4) is 0 Å². The predicted octanol–water partition coefficient (Wildman–Crippen LogP) is 2.21. The Morgan fingerprint density at radius 1 is 1.12 bits per heavy atom. The van der Waals surface area contributed by atoms with E-state index in [-0.39, 0.29) is 11.3 Å². The second-order valence-electron chi connectivity index (χ2n) is 5.21. The summed E-state index contributed by atoms with van der Waals surface area (Å²) in [6.45, 7) is 1.43. The molecule has 130 valence electrons. The van der Waals surface area contributed by atoms with Crippen molar-refractivity contribution < 1.29 is 19.1 Å². The molecule has 2 aromatic rings. The maximum Gasteiger partial charge on any atom is 0.341 e. The lowest BCUT2D eigenvalue weighted by molar-refractivity contribution is -0.123. The van der Waals surface area contributed by atoms with Crippen molar-refractivity contribution in [1.82, 2.24) is 0 Å². The molecule has 0 saturated carbocycles. The molecular formula is C17H16ClN3O4. The summed E-state index contributed by atoms with van der Waals surface area (Å²) in [7, 11) is 0. The van der Waals surface area contributed by atoms with Gasteiger partial charge in [0.1, 0.15) is 0 Å². The van der Waals surface area contributed by atoms with Gasteiger partial charge in [-0.15, -0.1) is 0 Å². The van der Waals surface area contributed by atoms with Gasteiger partial charge in [0.2, 0.25) is 5.91 Å². The number of hydrogen-bond acceptors (Lipinski definition) is 5. The summed E-state index contributed by atoms with van der Waals surface area (Å²) in [6, 6.07) is 10.3. The Kier molecular flexibility index (Phi) is 5.61. The van der Waals surface area contributed by atoms with Crippen LogP contribution < -0.4 is 16.8 Å². The van der Waals surface area contributed by atoms with Crippen LogP contribution in [-0.2, 0) is 9.53 Å². The minimum atomic E-state index is -1.06. The van der Waals surface area contributed by atoms with E-state index < -0.39 is 23.9 Å². The van der Waals surface area contributed by atoms with Crippen LogP contribution in [0.5, 0.6) is 0 Å². The number of anilines is 2. The van der Waals surface area contributed by atoms with E-state index in [1.165, 1.54) is 49.4 Å². The molecule has 7 nitrogen and oxygen atoms in total. The van der Waals surface area contributed by atoms with Crippen LogP contribution in [0.4, 0.5) is 11.4 Å². The van der Waals surface area contributed by atoms with Crippen LogP contribution >= 0.6 is 11.6 Å². The number of carbonyl (C=O) groups is 3. The average Bonchev–Trinajstić information content (AvgIpc) is 2.55. The Labute approximate surface area is 148 Å². The maximum atomic E-state index is 12.1. The molecule has 0 radical (unpaired) electrons.